The second kappa shape index (κ2) is 9.59. The number of amides is 2. The molecule has 3 aromatic rings. The van der Waals surface area contributed by atoms with E-state index >= 15 is 0 Å². The van der Waals surface area contributed by atoms with Gasteiger partial charge in [0.25, 0.3) is 5.91 Å². The number of ether oxygens (including phenoxy) is 1. The van der Waals surface area contributed by atoms with E-state index in [4.69, 9.17) is 4.74 Å². The first kappa shape index (κ1) is 23.4. The zero-order valence-electron chi connectivity index (χ0n) is 18.4. The lowest BCUT2D eigenvalue weighted by Gasteiger charge is -2.22. The van der Waals surface area contributed by atoms with Crippen LogP contribution >= 0.6 is 0 Å². The third-order valence-corrected chi connectivity index (χ3v) is 5.50. The van der Waals surface area contributed by atoms with Crippen LogP contribution in [0.25, 0.3) is 0 Å². The molecule has 0 radical (unpaired) electrons. The number of alkyl halides is 3. The summed E-state index contributed by atoms with van der Waals surface area (Å²) in [6.07, 6.45) is -5.05. The molecular weight excluding hydrogens is 445 g/mol. The van der Waals surface area contributed by atoms with Crippen molar-refractivity contribution >= 4 is 17.5 Å². The van der Waals surface area contributed by atoms with Gasteiger partial charge in [-0.2, -0.15) is 13.2 Å². The van der Waals surface area contributed by atoms with Gasteiger partial charge in [-0.1, -0.05) is 42.5 Å². The highest BCUT2D eigenvalue weighted by Gasteiger charge is 2.32. The summed E-state index contributed by atoms with van der Waals surface area (Å²) < 4.78 is 45.1. The molecule has 0 bridgehead atoms. The molecule has 1 heterocycles. The van der Waals surface area contributed by atoms with Crippen molar-refractivity contribution in [3.05, 3.63) is 95.1 Å². The zero-order chi connectivity index (χ0) is 24.3. The first-order valence-electron chi connectivity index (χ1n) is 10.8. The van der Waals surface area contributed by atoms with Gasteiger partial charge in [-0.15, -0.1) is 0 Å². The largest absolute Gasteiger partial charge is 0.481 e. The quantitative estimate of drug-likeness (QED) is 0.560. The molecule has 0 saturated carbocycles. The molecule has 0 unspecified atom stereocenters. The maximum atomic E-state index is 13.1. The highest BCUT2D eigenvalue weighted by atomic mass is 19.4. The lowest BCUT2D eigenvalue weighted by atomic mass is 10.1. The van der Waals surface area contributed by atoms with Crippen molar-refractivity contribution in [3.8, 4) is 5.75 Å². The fourth-order valence-corrected chi connectivity index (χ4v) is 3.86. The van der Waals surface area contributed by atoms with E-state index in [1.807, 2.05) is 30.3 Å². The van der Waals surface area contributed by atoms with Crippen LogP contribution in [-0.4, -0.2) is 22.8 Å². The summed E-state index contributed by atoms with van der Waals surface area (Å²) in [4.78, 5) is 26.8. The van der Waals surface area contributed by atoms with Crippen LogP contribution in [0.4, 0.5) is 18.9 Å². The summed E-state index contributed by atoms with van der Waals surface area (Å²) in [5, 5.41) is 2.85. The normalized spacial score (nSPS) is 15.8. The van der Waals surface area contributed by atoms with Crippen molar-refractivity contribution in [3.63, 3.8) is 0 Å². The summed E-state index contributed by atoms with van der Waals surface area (Å²) in [5.74, 6) is -0.0253. The van der Waals surface area contributed by atoms with Crippen LogP contribution in [0.3, 0.4) is 0 Å². The molecule has 176 valence electrons. The molecule has 0 fully saturated rings. The molecular formula is C26H23F3N2O3. The average molecular weight is 468 g/mol. The predicted molar refractivity (Wildman–Crippen MR) is 121 cm³/mol. The number of carbonyl (C=O) groups excluding carboxylic acids is 2. The van der Waals surface area contributed by atoms with Gasteiger partial charge in [0, 0.05) is 24.3 Å². The Hall–Kier alpha value is -3.81. The molecule has 0 aromatic heterocycles. The van der Waals surface area contributed by atoms with Crippen molar-refractivity contribution < 1.29 is 27.5 Å². The summed E-state index contributed by atoms with van der Waals surface area (Å²) >= 11 is 0. The van der Waals surface area contributed by atoms with Crippen LogP contribution < -0.4 is 10.1 Å². The molecule has 0 aliphatic carbocycles. The predicted octanol–water partition coefficient (Wildman–Crippen LogP) is 5.20. The highest BCUT2D eigenvalue weighted by Crippen LogP contribution is 2.32. The van der Waals surface area contributed by atoms with E-state index in [2.05, 4.69) is 5.32 Å². The monoisotopic (exact) mass is 468 g/mol. The van der Waals surface area contributed by atoms with E-state index in [1.54, 1.807) is 31.2 Å². The zero-order valence-corrected chi connectivity index (χ0v) is 18.4. The van der Waals surface area contributed by atoms with Gasteiger partial charge in [0.1, 0.15) is 5.75 Å². The van der Waals surface area contributed by atoms with Crippen molar-refractivity contribution in [2.45, 2.75) is 38.7 Å². The first-order chi connectivity index (χ1) is 16.2. The molecule has 4 rings (SSSR count). The topological polar surface area (TPSA) is 58.6 Å². The molecule has 1 atom stereocenters. The second-order valence-electron chi connectivity index (χ2n) is 8.19. The number of nitrogens with one attached hydrogen (secondary N) is 1. The molecule has 0 saturated heterocycles. The van der Waals surface area contributed by atoms with Crippen molar-refractivity contribution in [2.75, 3.05) is 5.32 Å². The lowest BCUT2D eigenvalue weighted by Crippen LogP contribution is -2.37. The molecule has 2 amide bonds. The Balaban J connectivity index is 1.53. The number of hydrogen-bond acceptors (Lipinski definition) is 3. The SMILES string of the molecule is C[C@@H]1Oc2ccc(NC(=O)Cc3ccccc3)cc2CN(Cc2cccc(C(F)(F)F)c2)C1=O. The average Bonchev–Trinajstić information content (AvgIpc) is 2.90. The number of fused-ring (bicyclic) bond motifs is 1. The minimum Gasteiger partial charge on any atom is -0.481 e. The van der Waals surface area contributed by atoms with Crippen LogP contribution in [0.1, 0.15) is 29.2 Å². The maximum Gasteiger partial charge on any atom is 0.416 e. The highest BCUT2D eigenvalue weighted by molar-refractivity contribution is 5.92. The minimum atomic E-state index is -4.46. The molecule has 3 aromatic carbocycles. The molecule has 1 aliphatic rings. The maximum absolute atomic E-state index is 13.1. The molecule has 1 aliphatic heterocycles. The van der Waals surface area contributed by atoms with Gasteiger partial charge in [-0.05, 0) is 48.4 Å². The molecule has 8 heteroatoms. The Bertz CT molecular complexity index is 1200. The smallest absolute Gasteiger partial charge is 0.416 e. The molecule has 1 N–H and O–H groups in total. The van der Waals surface area contributed by atoms with Crippen LogP contribution in [0, 0.1) is 0 Å². The van der Waals surface area contributed by atoms with E-state index in [0.29, 0.717) is 22.6 Å². The number of rotatable bonds is 5. The van der Waals surface area contributed by atoms with Gasteiger partial charge in [0.2, 0.25) is 5.91 Å². The Morgan fingerprint density at radius 1 is 1.03 bits per heavy atom. The number of halogens is 3. The van der Waals surface area contributed by atoms with E-state index in [-0.39, 0.29) is 31.3 Å². The fourth-order valence-electron chi connectivity index (χ4n) is 3.86. The number of anilines is 1. The van der Waals surface area contributed by atoms with Crippen molar-refractivity contribution in [2.24, 2.45) is 0 Å². The van der Waals surface area contributed by atoms with E-state index < -0.39 is 17.8 Å². The number of carbonyl (C=O) groups is 2. The van der Waals surface area contributed by atoms with Gasteiger partial charge in [-0.3, -0.25) is 9.59 Å². The second-order valence-corrected chi connectivity index (χ2v) is 8.19. The Kier molecular flexibility index (Phi) is 6.58. The van der Waals surface area contributed by atoms with Crippen LogP contribution in [0.15, 0.2) is 72.8 Å². The number of hydrogen-bond donors (Lipinski definition) is 1. The van der Waals surface area contributed by atoms with Crippen LogP contribution in [-0.2, 0) is 35.3 Å². The van der Waals surface area contributed by atoms with E-state index in [0.717, 1.165) is 17.7 Å². The van der Waals surface area contributed by atoms with Crippen molar-refractivity contribution in [1.82, 2.24) is 4.90 Å². The summed E-state index contributed by atoms with van der Waals surface area (Å²) in [6, 6.07) is 19.4. The van der Waals surface area contributed by atoms with Gasteiger partial charge >= 0.3 is 6.18 Å². The van der Waals surface area contributed by atoms with Gasteiger partial charge in [-0.25, -0.2) is 0 Å². The fraction of sp³-hybridized carbons (Fsp3) is 0.231. The van der Waals surface area contributed by atoms with E-state index in [1.165, 1.54) is 11.0 Å². The van der Waals surface area contributed by atoms with Crippen LogP contribution in [0.5, 0.6) is 5.75 Å². The van der Waals surface area contributed by atoms with E-state index in [9.17, 15) is 22.8 Å². The molecule has 5 nitrogen and oxygen atoms in total. The number of benzene rings is 3. The van der Waals surface area contributed by atoms with Crippen molar-refractivity contribution in [1.29, 1.82) is 0 Å². The standard InChI is InChI=1S/C26H23F3N2O3/c1-17-25(33)31(15-19-8-5-9-21(12-19)26(27,28)29)16-20-14-22(10-11-23(20)34-17)30-24(32)13-18-6-3-2-4-7-18/h2-12,14,17H,13,15-16H2,1H3,(H,30,32)/t17-/m0/s1. The summed E-state index contributed by atoms with van der Waals surface area (Å²) in [7, 11) is 0. The summed E-state index contributed by atoms with van der Waals surface area (Å²) in [6.45, 7) is 1.74. The van der Waals surface area contributed by atoms with Gasteiger partial charge in [0.05, 0.1) is 12.0 Å². The Morgan fingerprint density at radius 2 is 1.76 bits per heavy atom. The van der Waals surface area contributed by atoms with Gasteiger partial charge in [0.15, 0.2) is 6.10 Å². The first-order valence-corrected chi connectivity index (χ1v) is 10.8. The molecule has 34 heavy (non-hydrogen) atoms. The Labute approximate surface area is 195 Å². The lowest BCUT2D eigenvalue weighted by molar-refractivity contribution is -0.138. The third-order valence-electron chi connectivity index (χ3n) is 5.50. The van der Waals surface area contributed by atoms with Gasteiger partial charge < -0.3 is 15.0 Å². The van der Waals surface area contributed by atoms with Crippen LogP contribution in [0.2, 0.25) is 0 Å². The third kappa shape index (κ3) is 5.57. The molecule has 0 spiro atoms. The Morgan fingerprint density at radius 3 is 2.50 bits per heavy atom. The minimum absolute atomic E-state index is 0.000483. The summed E-state index contributed by atoms with van der Waals surface area (Å²) in [5.41, 5.74) is 1.68. The number of nitrogens with zero attached hydrogens (tertiary/aromatic N) is 1.